The van der Waals surface area contributed by atoms with Gasteiger partial charge in [0.2, 0.25) is 5.89 Å². The third-order valence-electron chi connectivity index (χ3n) is 4.45. The Morgan fingerprint density at radius 3 is 2.96 bits per heavy atom. The van der Waals surface area contributed by atoms with Crippen molar-refractivity contribution in [3.05, 3.63) is 41.7 Å². The SMILES string of the molecule is CCCCc1noc(C(C)Sc2nnc(C3CC3)n2Cc2ccco2)n1. The van der Waals surface area contributed by atoms with E-state index in [2.05, 4.69) is 38.8 Å². The summed E-state index contributed by atoms with van der Waals surface area (Å²) >= 11 is 1.60. The second-order valence-electron chi connectivity index (χ2n) is 6.69. The van der Waals surface area contributed by atoms with Crippen LogP contribution in [-0.2, 0) is 13.0 Å². The molecule has 0 amide bonds. The Labute approximate surface area is 156 Å². The topological polar surface area (TPSA) is 82.8 Å². The van der Waals surface area contributed by atoms with Gasteiger partial charge in [0, 0.05) is 12.3 Å². The third-order valence-corrected chi connectivity index (χ3v) is 5.52. The molecular weight excluding hydrogens is 350 g/mol. The average molecular weight is 373 g/mol. The van der Waals surface area contributed by atoms with E-state index in [0.717, 1.165) is 41.8 Å². The molecule has 0 saturated heterocycles. The Balaban J connectivity index is 1.51. The third kappa shape index (κ3) is 3.85. The zero-order chi connectivity index (χ0) is 17.9. The minimum Gasteiger partial charge on any atom is -0.467 e. The lowest BCUT2D eigenvalue weighted by molar-refractivity contribution is 0.374. The molecule has 8 heteroatoms. The summed E-state index contributed by atoms with van der Waals surface area (Å²) in [5, 5.41) is 13.8. The number of unbranched alkanes of at least 4 members (excludes halogenated alkanes) is 1. The van der Waals surface area contributed by atoms with E-state index in [9.17, 15) is 0 Å². The molecule has 3 aromatic rings. The maximum Gasteiger partial charge on any atom is 0.239 e. The first kappa shape index (κ1) is 17.3. The molecule has 4 rings (SSSR count). The number of aromatic nitrogens is 5. The lowest BCUT2D eigenvalue weighted by Gasteiger charge is -2.10. The van der Waals surface area contributed by atoms with Crippen LogP contribution < -0.4 is 0 Å². The number of aryl methyl sites for hydroxylation is 1. The van der Waals surface area contributed by atoms with Crippen LogP contribution in [0.25, 0.3) is 0 Å². The van der Waals surface area contributed by atoms with Crippen LogP contribution in [-0.4, -0.2) is 24.9 Å². The van der Waals surface area contributed by atoms with Gasteiger partial charge < -0.3 is 8.94 Å². The van der Waals surface area contributed by atoms with Crippen molar-refractivity contribution in [2.45, 2.75) is 68.8 Å². The van der Waals surface area contributed by atoms with Crippen LogP contribution in [0.15, 0.2) is 32.5 Å². The molecule has 7 nitrogen and oxygen atoms in total. The molecule has 0 radical (unpaired) electrons. The lowest BCUT2D eigenvalue weighted by Crippen LogP contribution is -2.06. The monoisotopic (exact) mass is 373 g/mol. The van der Waals surface area contributed by atoms with Gasteiger partial charge in [-0.25, -0.2) is 0 Å². The largest absolute Gasteiger partial charge is 0.467 e. The number of nitrogens with zero attached hydrogens (tertiary/aromatic N) is 5. The van der Waals surface area contributed by atoms with Crippen LogP contribution in [0.2, 0.25) is 0 Å². The summed E-state index contributed by atoms with van der Waals surface area (Å²) < 4.78 is 13.1. The van der Waals surface area contributed by atoms with Crippen LogP contribution in [0.5, 0.6) is 0 Å². The summed E-state index contributed by atoms with van der Waals surface area (Å²) in [6.45, 7) is 4.86. The van der Waals surface area contributed by atoms with E-state index in [1.165, 1.54) is 12.8 Å². The summed E-state index contributed by atoms with van der Waals surface area (Å²) in [4.78, 5) is 4.53. The predicted molar refractivity (Wildman–Crippen MR) is 97.0 cm³/mol. The van der Waals surface area contributed by atoms with Crippen molar-refractivity contribution < 1.29 is 8.94 Å². The van der Waals surface area contributed by atoms with Gasteiger partial charge >= 0.3 is 0 Å². The molecule has 0 N–H and O–H groups in total. The highest BCUT2D eigenvalue weighted by Crippen LogP contribution is 2.41. The van der Waals surface area contributed by atoms with Gasteiger partial charge in [0.1, 0.15) is 11.6 Å². The maximum absolute atomic E-state index is 5.52. The number of hydrogen-bond donors (Lipinski definition) is 0. The van der Waals surface area contributed by atoms with Crippen molar-refractivity contribution in [3.8, 4) is 0 Å². The molecule has 1 fully saturated rings. The molecule has 0 aromatic carbocycles. The Morgan fingerprint density at radius 1 is 1.35 bits per heavy atom. The fourth-order valence-electron chi connectivity index (χ4n) is 2.82. The van der Waals surface area contributed by atoms with Gasteiger partial charge in [0.05, 0.1) is 18.1 Å². The minimum atomic E-state index is 0.0180. The predicted octanol–water partition coefficient (Wildman–Crippen LogP) is 4.38. The molecular formula is C18H23N5O2S. The van der Waals surface area contributed by atoms with E-state index in [-0.39, 0.29) is 5.25 Å². The van der Waals surface area contributed by atoms with E-state index in [0.29, 0.717) is 18.4 Å². The fraction of sp³-hybridized carbons (Fsp3) is 0.556. The Hall–Kier alpha value is -2.09. The highest BCUT2D eigenvalue weighted by Gasteiger charge is 2.31. The standard InChI is InChI=1S/C18H23N5O2S/c1-3-4-7-15-19-17(25-22-15)12(2)26-18-21-20-16(13-8-9-13)23(18)11-14-6-5-10-24-14/h5-6,10,12-13H,3-4,7-9,11H2,1-2H3. The van der Waals surface area contributed by atoms with E-state index in [4.69, 9.17) is 8.94 Å². The zero-order valence-electron chi connectivity index (χ0n) is 15.1. The highest BCUT2D eigenvalue weighted by atomic mass is 32.2. The van der Waals surface area contributed by atoms with Crippen LogP contribution >= 0.6 is 11.8 Å². The first-order valence-corrected chi connectivity index (χ1v) is 10.1. The molecule has 1 unspecified atom stereocenters. The van der Waals surface area contributed by atoms with Gasteiger partial charge in [-0.3, -0.25) is 4.57 Å². The van der Waals surface area contributed by atoms with Crippen LogP contribution in [0.4, 0.5) is 0 Å². The quantitative estimate of drug-likeness (QED) is 0.515. The zero-order valence-corrected chi connectivity index (χ0v) is 15.9. The molecule has 3 heterocycles. The number of hydrogen-bond acceptors (Lipinski definition) is 7. The van der Waals surface area contributed by atoms with Crippen molar-refractivity contribution in [1.29, 1.82) is 0 Å². The van der Waals surface area contributed by atoms with Gasteiger partial charge in [0.25, 0.3) is 0 Å². The molecule has 138 valence electrons. The first-order valence-electron chi connectivity index (χ1n) is 9.19. The van der Waals surface area contributed by atoms with Crippen molar-refractivity contribution in [2.24, 2.45) is 0 Å². The van der Waals surface area contributed by atoms with Gasteiger partial charge in [-0.15, -0.1) is 10.2 Å². The Bertz CT molecular complexity index is 838. The van der Waals surface area contributed by atoms with Crippen molar-refractivity contribution in [3.63, 3.8) is 0 Å². The van der Waals surface area contributed by atoms with Crippen molar-refractivity contribution in [2.75, 3.05) is 0 Å². The molecule has 1 aliphatic carbocycles. The van der Waals surface area contributed by atoms with Crippen LogP contribution in [0.1, 0.15) is 74.0 Å². The normalized spacial score (nSPS) is 15.5. The summed E-state index contributed by atoms with van der Waals surface area (Å²) in [5.74, 6) is 3.89. The first-order chi connectivity index (χ1) is 12.7. The minimum absolute atomic E-state index is 0.0180. The van der Waals surface area contributed by atoms with Crippen LogP contribution in [0, 0.1) is 0 Å². The molecule has 0 spiro atoms. The molecule has 26 heavy (non-hydrogen) atoms. The highest BCUT2D eigenvalue weighted by molar-refractivity contribution is 7.99. The summed E-state index contributed by atoms with van der Waals surface area (Å²) in [5.41, 5.74) is 0. The van der Waals surface area contributed by atoms with Crippen molar-refractivity contribution >= 4 is 11.8 Å². The molecule has 0 aliphatic heterocycles. The summed E-state index contributed by atoms with van der Waals surface area (Å²) in [7, 11) is 0. The summed E-state index contributed by atoms with van der Waals surface area (Å²) in [6, 6.07) is 3.88. The van der Waals surface area contributed by atoms with Gasteiger partial charge in [0.15, 0.2) is 11.0 Å². The van der Waals surface area contributed by atoms with Gasteiger partial charge in [-0.1, -0.05) is 30.3 Å². The molecule has 1 aliphatic rings. The number of furan rings is 1. The fourth-order valence-corrected chi connectivity index (χ4v) is 3.70. The van der Waals surface area contributed by atoms with Crippen LogP contribution in [0.3, 0.4) is 0 Å². The Morgan fingerprint density at radius 2 is 2.23 bits per heavy atom. The van der Waals surface area contributed by atoms with Gasteiger partial charge in [-0.2, -0.15) is 4.98 Å². The number of rotatable bonds is 9. The summed E-state index contributed by atoms with van der Waals surface area (Å²) in [6.07, 6.45) is 7.11. The maximum atomic E-state index is 5.52. The van der Waals surface area contributed by atoms with E-state index < -0.39 is 0 Å². The van der Waals surface area contributed by atoms with E-state index in [1.807, 2.05) is 12.1 Å². The second kappa shape index (κ2) is 7.65. The second-order valence-corrected chi connectivity index (χ2v) is 8.00. The molecule has 1 saturated carbocycles. The lowest BCUT2D eigenvalue weighted by atomic mass is 10.2. The number of thioether (sulfide) groups is 1. The van der Waals surface area contributed by atoms with E-state index >= 15 is 0 Å². The smallest absolute Gasteiger partial charge is 0.239 e. The average Bonchev–Trinajstić information content (AvgIpc) is 3.03. The van der Waals surface area contributed by atoms with Gasteiger partial charge in [-0.05, 0) is 38.3 Å². The molecule has 3 aromatic heterocycles. The van der Waals surface area contributed by atoms with Crippen molar-refractivity contribution in [1.82, 2.24) is 24.9 Å². The Kier molecular flexibility index (Phi) is 5.10. The molecule has 1 atom stereocenters. The van der Waals surface area contributed by atoms with E-state index in [1.54, 1.807) is 18.0 Å². The molecule has 0 bridgehead atoms.